The van der Waals surface area contributed by atoms with Crippen molar-refractivity contribution < 1.29 is 19.1 Å². The molecule has 1 aliphatic rings. The fourth-order valence-corrected chi connectivity index (χ4v) is 2.38. The zero-order valence-corrected chi connectivity index (χ0v) is 13.3. The molecule has 1 aromatic rings. The molecular formula is C15H23N3O4. The molecule has 122 valence electrons. The lowest BCUT2D eigenvalue weighted by Crippen LogP contribution is -2.41. The van der Waals surface area contributed by atoms with Gasteiger partial charge < -0.3 is 14.8 Å². The van der Waals surface area contributed by atoms with Crippen molar-refractivity contribution in [3.63, 3.8) is 0 Å². The Bertz CT molecular complexity index is 533. The number of amides is 1. The summed E-state index contributed by atoms with van der Waals surface area (Å²) in [6, 6.07) is 0. The summed E-state index contributed by atoms with van der Waals surface area (Å²) in [5.74, 6) is -0.888. The number of esters is 1. The molecule has 0 bridgehead atoms. The number of ether oxygens (including phenoxy) is 2. The number of carbonyl (C=O) groups excluding carboxylic acids is 2. The van der Waals surface area contributed by atoms with Crippen molar-refractivity contribution in [1.82, 2.24) is 9.78 Å². The van der Waals surface area contributed by atoms with Gasteiger partial charge in [-0.3, -0.25) is 14.3 Å². The maximum absolute atomic E-state index is 12.1. The molecule has 2 heterocycles. The third-order valence-corrected chi connectivity index (χ3v) is 3.50. The number of hydrogen-bond donors (Lipinski definition) is 1. The van der Waals surface area contributed by atoms with E-state index < -0.39 is 17.5 Å². The second kappa shape index (κ2) is 6.91. The smallest absolute Gasteiger partial charge is 0.303 e. The van der Waals surface area contributed by atoms with Gasteiger partial charge in [-0.25, -0.2) is 0 Å². The first-order valence-corrected chi connectivity index (χ1v) is 7.52. The molecular weight excluding hydrogens is 286 g/mol. The van der Waals surface area contributed by atoms with E-state index in [4.69, 9.17) is 9.47 Å². The van der Waals surface area contributed by atoms with Crippen molar-refractivity contribution >= 4 is 17.6 Å². The predicted molar refractivity (Wildman–Crippen MR) is 80.3 cm³/mol. The van der Waals surface area contributed by atoms with E-state index in [9.17, 15) is 9.59 Å². The van der Waals surface area contributed by atoms with Crippen molar-refractivity contribution in [1.29, 1.82) is 0 Å². The maximum atomic E-state index is 12.1. The van der Waals surface area contributed by atoms with Gasteiger partial charge in [-0.2, -0.15) is 5.10 Å². The highest BCUT2D eigenvalue weighted by molar-refractivity contribution is 5.97. The maximum Gasteiger partial charge on any atom is 0.303 e. The molecule has 1 amide bonds. The first-order valence-electron chi connectivity index (χ1n) is 7.52. The number of carbonyl (C=O) groups is 2. The number of nitrogens with one attached hydrogen (secondary N) is 1. The first-order chi connectivity index (χ1) is 10.4. The number of hydrogen-bond acceptors (Lipinski definition) is 5. The van der Waals surface area contributed by atoms with Crippen LogP contribution in [0.1, 0.15) is 40.0 Å². The molecule has 2 rings (SSSR count). The van der Waals surface area contributed by atoms with Crippen LogP contribution >= 0.6 is 0 Å². The van der Waals surface area contributed by atoms with Crippen molar-refractivity contribution in [3.8, 4) is 0 Å². The molecule has 0 radical (unpaired) electrons. The standard InChI is InChI=1S/C15H23N3O4/c1-11(19)22-15(2,3)14(20)17-12-8-16-18(9-12)10-13-6-4-5-7-21-13/h8-9,13H,4-7,10H2,1-3H3,(H,17,20). The van der Waals surface area contributed by atoms with Gasteiger partial charge in [0, 0.05) is 19.7 Å². The first kappa shape index (κ1) is 16.5. The van der Waals surface area contributed by atoms with Crippen LogP contribution in [-0.4, -0.2) is 40.0 Å². The summed E-state index contributed by atoms with van der Waals surface area (Å²) >= 11 is 0. The summed E-state index contributed by atoms with van der Waals surface area (Å²) in [6.07, 6.45) is 6.81. The molecule has 0 aliphatic carbocycles. The number of nitrogens with zero attached hydrogens (tertiary/aromatic N) is 2. The molecule has 1 atom stereocenters. The zero-order chi connectivity index (χ0) is 16.2. The fourth-order valence-electron chi connectivity index (χ4n) is 2.38. The molecule has 1 unspecified atom stereocenters. The molecule has 0 aromatic carbocycles. The topological polar surface area (TPSA) is 82.5 Å². The number of aromatic nitrogens is 2. The van der Waals surface area contributed by atoms with Crippen LogP contribution in [0.15, 0.2) is 12.4 Å². The van der Waals surface area contributed by atoms with E-state index in [1.807, 2.05) is 0 Å². The van der Waals surface area contributed by atoms with E-state index in [1.54, 1.807) is 30.9 Å². The summed E-state index contributed by atoms with van der Waals surface area (Å²) < 4.78 is 12.4. The summed E-state index contributed by atoms with van der Waals surface area (Å²) in [5, 5.41) is 6.93. The fraction of sp³-hybridized carbons (Fsp3) is 0.667. The Kier molecular flexibility index (Phi) is 5.18. The second-order valence-electron chi connectivity index (χ2n) is 6.00. The molecule has 7 nitrogen and oxygen atoms in total. The number of rotatable bonds is 5. The quantitative estimate of drug-likeness (QED) is 0.838. The minimum Gasteiger partial charge on any atom is -0.450 e. The summed E-state index contributed by atoms with van der Waals surface area (Å²) in [4.78, 5) is 23.1. The average molecular weight is 309 g/mol. The lowest BCUT2D eigenvalue weighted by Gasteiger charge is -2.23. The third-order valence-electron chi connectivity index (χ3n) is 3.50. The van der Waals surface area contributed by atoms with E-state index >= 15 is 0 Å². The van der Waals surface area contributed by atoms with E-state index in [2.05, 4.69) is 10.4 Å². The van der Waals surface area contributed by atoms with Crippen LogP contribution in [0.25, 0.3) is 0 Å². The van der Waals surface area contributed by atoms with Gasteiger partial charge in [0.25, 0.3) is 5.91 Å². The van der Waals surface area contributed by atoms with Crippen molar-refractivity contribution in [3.05, 3.63) is 12.4 Å². The summed E-state index contributed by atoms with van der Waals surface area (Å²) in [7, 11) is 0. The van der Waals surface area contributed by atoms with Crippen LogP contribution in [0.3, 0.4) is 0 Å². The monoisotopic (exact) mass is 309 g/mol. The van der Waals surface area contributed by atoms with Gasteiger partial charge >= 0.3 is 5.97 Å². The third kappa shape index (κ3) is 4.56. The highest BCUT2D eigenvalue weighted by Gasteiger charge is 2.31. The average Bonchev–Trinajstić information content (AvgIpc) is 2.85. The molecule has 1 saturated heterocycles. The van der Waals surface area contributed by atoms with Crippen molar-refractivity contribution in [2.45, 2.75) is 58.3 Å². The Labute approximate surface area is 130 Å². The van der Waals surface area contributed by atoms with E-state index in [1.165, 1.54) is 13.3 Å². The molecule has 0 saturated carbocycles. The van der Waals surface area contributed by atoms with Gasteiger partial charge in [0.2, 0.25) is 0 Å². The lowest BCUT2D eigenvalue weighted by atomic mass is 10.1. The van der Waals surface area contributed by atoms with Crippen LogP contribution in [0.5, 0.6) is 0 Å². The minimum absolute atomic E-state index is 0.176. The zero-order valence-electron chi connectivity index (χ0n) is 13.3. The lowest BCUT2D eigenvalue weighted by molar-refractivity contribution is -0.160. The molecule has 1 aliphatic heterocycles. The van der Waals surface area contributed by atoms with Gasteiger partial charge in [-0.1, -0.05) is 0 Å². The summed E-state index contributed by atoms with van der Waals surface area (Å²) in [6.45, 7) is 5.83. The summed E-state index contributed by atoms with van der Waals surface area (Å²) in [5.41, 5.74) is -0.651. The van der Waals surface area contributed by atoms with Crippen LogP contribution in [0.2, 0.25) is 0 Å². The van der Waals surface area contributed by atoms with Gasteiger partial charge in [-0.05, 0) is 33.1 Å². The Balaban J connectivity index is 1.91. The van der Waals surface area contributed by atoms with E-state index in [-0.39, 0.29) is 6.10 Å². The molecule has 1 aromatic heterocycles. The van der Waals surface area contributed by atoms with Crippen molar-refractivity contribution in [2.75, 3.05) is 11.9 Å². The SMILES string of the molecule is CC(=O)OC(C)(C)C(=O)Nc1cnn(CC2CCCCO2)c1. The van der Waals surface area contributed by atoms with Crippen LogP contribution in [0, 0.1) is 0 Å². The highest BCUT2D eigenvalue weighted by Crippen LogP contribution is 2.17. The van der Waals surface area contributed by atoms with Gasteiger partial charge in [0.05, 0.1) is 24.5 Å². The highest BCUT2D eigenvalue weighted by atomic mass is 16.6. The second-order valence-corrected chi connectivity index (χ2v) is 6.00. The van der Waals surface area contributed by atoms with E-state index in [0.717, 1.165) is 19.4 Å². The Morgan fingerprint density at radius 3 is 2.91 bits per heavy atom. The van der Waals surface area contributed by atoms with Gasteiger partial charge in [0.15, 0.2) is 5.60 Å². The molecule has 7 heteroatoms. The Hall–Kier alpha value is -1.89. The van der Waals surface area contributed by atoms with E-state index in [0.29, 0.717) is 12.2 Å². The predicted octanol–water partition coefficient (Wildman–Crippen LogP) is 1.73. The van der Waals surface area contributed by atoms with Crippen LogP contribution in [-0.2, 0) is 25.6 Å². The molecule has 0 spiro atoms. The minimum atomic E-state index is -1.22. The van der Waals surface area contributed by atoms with Crippen LogP contribution in [0.4, 0.5) is 5.69 Å². The molecule has 1 fully saturated rings. The Morgan fingerprint density at radius 1 is 1.50 bits per heavy atom. The van der Waals surface area contributed by atoms with Gasteiger partial charge in [-0.15, -0.1) is 0 Å². The molecule has 22 heavy (non-hydrogen) atoms. The van der Waals surface area contributed by atoms with Crippen molar-refractivity contribution in [2.24, 2.45) is 0 Å². The molecule has 1 N–H and O–H groups in total. The number of anilines is 1. The van der Waals surface area contributed by atoms with Crippen LogP contribution < -0.4 is 5.32 Å². The Morgan fingerprint density at radius 2 is 2.27 bits per heavy atom. The largest absolute Gasteiger partial charge is 0.450 e. The normalized spacial score (nSPS) is 18.8. The van der Waals surface area contributed by atoms with Gasteiger partial charge in [0.1, 0.15) is 0 Å².